The van der Waals surface area contributed by atoms with Crippen LogP contribution in [-0.2, 0) is 6.18 Å². The van der Waals surface area contributed by atoms with Crippen LogP contribution in [0.15, 0.2) is 194 Å². The van der Waals surface area contributed by atoms with E-state index in [-0.39, 0.29) is 11.0 Å². The number of alkyl halides is 3. The van der Waals surface area contributed by atoms with E-state index in [1.165, 1.54) is 9.13 Å². The van der Waals surface area contributed by atoms with E-state index in [0.29, 0.717) is 38.3 Å². The summed E-state index contributed by atoms with van der Waals surface area (Å²) in [6.07, 6.45) is -5.33. The maximum atomic E-state index is 16.9. The first-order valence-corrected chi connectivity index (χ1v) is 23.3. The van der Waals surface area contributed by atoms with Crippen molar-refractivity contribution in [2.45, 2.75) is 6.18 Å². The number of hydrogen-bond acceptors (Lipinski definition) is 0. The Balaban J connectivity index is 1.10. The number of hydrogen-bond donors (Lipinski definition) is 0. The lowest BCUT2D eigenvalue weighted by Gasteiger charge is -2.25. The summed E-state index contributed by atoms with van der Waals surface area (Å²) in [5, 5.41) is 6.13. The van der Waals surface area contributed by atoms with E-state index in [1.54, 1.807) is 60.7 Å². The Morgan fingerprint density at radius 3 is 1.00 bits per heavy atom. The van der Waals surface area contributed by atoms with Gasteiger partial charge in [-0.2, -0.15) is 13.2 Å². The van der Waals surface area contributed by atoms with Crippen LogP contribution in [-0.4, -0.2) is 18.3 Å². The molecule has 0 aliphatic rings. The van der Waals surface area contributed by atoms with E-state index in [1.807, 2.05) is 126 Å². The first kappa shape index (κ1) is 42.7. The Morgan fingerprint density at radius 1 is 0.288 bits per heavy atom. The maximum absolute atomic E-state index is 16.9. The van der Waals surface area contributed by atoms with E-state index in [9.17, 15) is 4.39 Å². The van der Waals surface area contributed by atoms with Crippen molar-refractivity contribution >= 4 is 87.2 Å². The van der Waals surface area contributed by atoms with Gasteiger partial charge in [0.25, 0.3) is 0 Å². The number of aromatic nitrogens is 4. The minimum Gasteiger partial charge on any atom is -0.309 e. The third-order valence-electron chi connectivity index (χ3n) is 14.4. The molecule has 0 spiro atoms. The molecule has 0 atom stereocenters. The topological polar surface area (TPSA) is 19.7 Å². The average molecular weight is 973 g/mol. The minimum atomic E-state index is -5.33. The second-order valence-corrected chi connectivity index (χ2v) is 18.1. The normalized spacial score (nSPS) is 12.4. The largest absolute Gasteiger partial charge is 0.420 e. The zero-order valence-electron chi connectivity index (χ0n) is 37.8. The van der Waals surface area contributed by atoms with Gasteiger partial charge < -0.3 is 18.3 Å². The number of halogens is 8. The van der Waals surface area contributed by atoms with Crippen LogP contribution in [0.25, 0.3) is 121 Å². The molecule has 352 valence electrons. The molecule has 4 aromatic heterocycles. The Morgan fingerprint density at radius 2 is 0.603 bits per heavy atom. The number of fused-ring (bicyclic) bond motifs is 12. The molecule has 14 rings (SSSR count). The molecular weight excluding hydrogens is 941 g/mol. The molecule has 0 saturated carbocycles. The van der Waals surface area contributed by atoms with Crippen molar-refractivity contribution in [3.05, 3.63) is 229 Å². The molecule has 0 bridgehead atoms. The van der Waals surface area contributed by atoms with Crippen LogP contribution in [0.5, 0.6) is 0 Å². The summed E-state index contributed by atoms with van der Waals surface area (Å²) in [4.78, 5) is 0. The van der Waals surface area contributed by atoms with E-state index >= 15 is 30.7 Å². The van der Waals surface area contributed by atoms with Gasteiger partial charge in [0.1, 0.15) is 5.56 Å². The molecule has 12 heteroatoms. The number of para-hydroxylation sites is 6. The van der Waals surface area contributed by atoms with Crippen LogP contribution in [0, 0.1) is 29.1 Å². The summed E-state index contributed by atoms with van der Waals surface area (Å²) < 4.78 is 136. The molecule has 0 aliphatic carbocycles. The van der Waals surface area contributed by atoms with Crippen molar-refractivity contribution < 1.29 is 35.1 Å². The SMILES string of the molecule is Fc1c(F)c(F)c(-c2ccc(-n3c4ccccc4c4cc(-n5c6ccccc6c6ccccc65)ccc43)c(C(F)(F)F)c2-n2c3ccccc3c3cc(-n4c5ccccc5c5ccccc54)ccc32)c(F)c1F. The summed E-state index contributed by atoms with van der Waals surface area (Å²) in [6.45, 7) is 0. The van der Waals surface area contributed by atoms with Crippen LogP contribution in [0.4, 0.5) is 35.1 Å². The van der Waals surface area contributed by atoms with Gasteiger partial charge >= 0.3 is 6.18 Å². The smallest absolute Gasteiger partial charge is 0.309 e. The minimum absolute atomic E-state index is 0.177. The molecule has 0 unspecified atom stereocenters. The summed E-state index contributed by atoms with van der Waals surface area (Å²) >= 11 is 0. The second kappa shape index (κ2) is 15.4. The number of benzene rings is 10. The van der Waals surface area contributed by atoms with Crippen molar-refractivity contribution in [3.8, 4) is 33.9 Å². The van der Waals surface area contributed by atoms with Crippen LogP contribution >= 0.6 is 0 Å². The standard InChI is InChI=1S/C61H32F8N4/c62-55-53(56(63)58(65)59(66)57(55)64)41-27-30-52(72-48-23-11-5-17-39(48)42-31-33(25-28-50(42)72)70-44-19-7-1-13-35(44)36-14-2-8-20-45(36)70)54(61(67,68)69)60(41)73-49-24-12-6-18-40(49)43-32-34(26-29-51(43)73)71-46-21-9-3-15-37(46)38-16-4-10-22-47(38)71/h1-32H. The number of rotatable bonds is 5. The van der Waals surface area contributed by atoms with Crippen molar-refractivity contribution in [1.82, 2.24) is 18.3 Å². The van der Waals surface area contributed by atoms with E-state index < -0.39 is 63.3 Å². The fourth-order valence-corrected chi connectivity index (χ4v) is 11.4. The molecule has 0 aliphatic heterocycles. The third-order valence-corrected chi connectivity index (χ3v) is 14.4. The Labute approximate surface area is 408 Å². The summed E-state index contributed by atoms with van der Waals surface area (Å²) in [5.41, 5.74) is 1.08. The highest BCUT2D eigenvalue weighted by molar-refractivity contribution is 6.15. The fraction of sp³-hybridized carbons (Fsp3) is 0.0164. The van der Waals surface area contributed by atoms with Crippen molar-refractivity contribution in [3.63, 3.8) is 0 Å². The quantitative estimate of drug-likeness (QED) is 0.0930. The molecule has 73 heavy (non-hydrogen) atoms. The second-order valence-electron chi connectivity index (χ2n) is 18.1. The molecule has 14 aromatic rings. The van der Waals surface area contributed by atoms with Gasteiger partial charge in [0.15, 0.2) is 23.3 Å². The molecule has 4 nitrogen and oxygen atoms in total. The van der Waals surface area contributed by atoms with Gasteiger partial charge in [-0.3, -0.25) is 0 Å². The van der Waals surface area contributed by atoms with E-state index in [0.717, 1.165) is 61.4 Å². The van der Waals surface area contributed by atoms with Crippen LogP contribution in [0.2, 0.25) is 0 Å². The summed E-state index contributed by atoms with van der Waals surface area (Å²) in [7, 11) is 0. The molecule has 0 saturated heterocycles. The monoisotopic (exact) mass is 972 g/mol. The first-order chi connectivity index (χ1) is 35.5. The zero-order valence-corrected chi connectivity index (χ0v) is 37.8. The lowest BCUT2D eigenvalue weighted by atomic mass is 9.95. The van der Waals surface area contributed by atoms with Gasteiger partial charge in [-0.25, -0.2) is 22.0 Å². The Hall–Kier alpha value is -9.16. The van der Waals surface area contributed by atoms with Gasteiger partial charge in [0.05, 0.1) is 61.1 Å². The lowest BCUT2D eigenvalue weighted by Crippen LogP contribution is -2.17. The fourth-order valence-electron chi connectivity index (χ4n) is 11.4. The van der Waals surface area contributed by atoms with Gasteiger partial charge in [-0.1, -0.05) is 109 Å². The predicted molar refractivity (Wildman–Crippen MR) is 274 cm³/mol. The van der Waals surface area contributed by atoms with Crippen LogP contribution in [0.3, 0.4) is 0 Å². The van der Waals surface area contributed by atoms with Crippen LogP contribution < -0.4 is 0 Å². The van der Waals surface area contributed by atoms with Gasteiger partial charge in [-0.05, 0) is 84.9 Å². The first-order valence-electron chi connectivity index (χ1n) is 23.3. The van der Waals surface area contributed by atoms with Gasteiger partial charge in [0.2, 0.25) is 5.82 Å². The maximum Gasteiger partial charge on any atom is 0.420 e. The Bertz CT molecular complexity index is 4550. The Kier molecular flexibility index (Phi) is 9.02. The number of nitrogens with zero attached hydrogens (tertiary/aromatic N) is 4. The summed E-state index contributed by atoms with van der Waals surface area (Å²) in [5.74, 6) is -11.6. The van der Waals surface area contributed by atoms with Crippen molar-refractivity contribution in [1.29, 1.82) is 0 Å². The molecule has 4 heterocycles. The average Bonchev–Trinajstić information content (AvgIpc) is 4.14. The summed E-state index contributed by atoms with van der Waals surface area (Å²) in [6, 6.07) is 57.9. The molecule has 0 N–H and O–H groups in total. The highest BCUT2D eigenvalue weighted by atomic mass is 19.4. The molecule has 0 amide bonds. The molecule has 0 radical (unpaired) electrons. The molecule has 0 fully saturated rings. The van der Waals surface area contributed by atoms with Crippen LogP contribution in [0.1, 0.15) is 5.56 Å². The predicted octanol–water partition coefficient (Wildman–Crippen LogP) is 17.5. The van der Waals surface area contributed by atoms with E-state index in [2.05, 4.69) is 4.57 Å². The lowest BCUT2D eigenvalue weighted by molar-refractivity contribution is -0.137. The molecule has 10 aromatic carbocycles. The third kappa shape index (κ3) is 5.94. The van der Waals surface area contributed by atoms with Gasteiger partial charge in [0, 0.05) is 60.0 Å². The highest BCUT2D eigenvalue weighted by Gasteiger charge is 2.42. The van der Waals surface area contributed by atoms with Crippen molar-refractivity contribution in [2.75, 3.05) is 0 Å². The molecular formula is C61H32F8N4. The van der Waals surface area contributed by atoms with E-state index in [4.69, 9.17) is 0 Å². The zero-order chi connectivity index (χ0) is 49.6. The van der Waals surface area contributed by atoms with Crippen molar-refractivity contribution in [2.24, 2.45) is 0 Å². The highest BCUT2D eigenvalue weighted by Crippen LogP contribution is 2.49. The van der Waals surface area contributed by atoms with Gasteiger partial charge in [-0.15, -0.1) is 0 Å².